The largest absolute Gasteiger partial charge is 0.465 e. The molecule has 3 aromatic rings. The molecule has 2 aromatic carbocycles. The maximum absolute atomic E-state index is 12.5. The van der Waals surface area contributed by atoms with Gasteiger partial charge in [-0.25, -0.2) is 9.78 Å². The van der Waals surface area contributed by atoms with Gasteiger partial charge >= 0.3 is 5.97 Å². The minimum absolute atomic E-state index is 0.227. The molecule has 1 aromatic heterocycles. The standard InChI is InChI=1S/C21H19N3O3/c1-14-5-3-7-17(11-14)24-20(25)15-9-10-22-19(13-15)23-18-8-4-6-16(12-18)21(26)27-2/h3-13H,1-2H3,(H,22,23)(H,24,25). The summed E-state index contributed by atoms with van der Waals surface area (Å²) in [7, 11) is 1.33. The number of methoxy groups -OCH3 is 1. The molecular weight excluding hydrogens is 342 g/mol. The van der Waals surface area contributed by atoms with Crippen molar-refractivity contribution in [3.63, 3.8) is 0 Å². The SMILES string of the molecule is COC(=O)c1cccc(Nc2cc(C(=O)Nc3cccc(C)c3)ccn2)c1. The third kappa shape index (κ3) is 4.70. The fraction of sp³-hybridized carbons (Fsp3) is 0.0952. The van der Waals surface area contributed by atoms with Crippen LogP contribution in [0.5, 0.6) is 0 Å². The summed E-state index contributed by atoms with van der Waals surface area (Å²) in [5, 5.41) is 5.96. The van der Waals surface area contributed by atoms with Crippen LogP contribution in [0.25, 0.3) is 0 Å². The number of rotatable bonds is 5. The van der Waals surface area contributed by atoms with Crippen LogP contribution in [-0.2, 0) is 4.74 Å². The van der Waals surface area contributed by atoms with Crippen molar-refractivity contribution < 1.29 is 14.3 Å². The third-order valence-electron chi connectivity index (χ3n) is 3.85. The van der Waals surface area contributed by atoms with Gasteiger partial charge in [-0.05, 0) is 55.0 Å². The molecule has 0 aliphatic rings. The Hall–Kier alpha value is -3.67. The Morgan fingerprint density at radius 3 is 2.48 bits per heavy atom. The van der Waals surface area contributed by atoms with Gasteiger partial charge in [0.15, 0.2) is 0 Å². The molecule has 0 fully saturated rings. The second kappa shape index (κ2) is 8.14. The monoisotopic (exact) mass is 361 g/mol. The number of ether oxygens (including phenoxy) is 1. The van der Waals surface area contributed by atoms with Gasteiger partial charge in [-0.3, -0.25) is 4.79 Å². The summed E-state index contributed by atoms with van der Waals surface area (Å²) in [6, 6.07) is 17.7. The van der Waals surface area contributed by atoms with Gasteiger partial charge in [-0.1, -0.05) is 18.2 Å². The first-order valence-corrected chi connectivity index (χ1v) is 8.34. The lowest BCUT2D eigenvalue weighted by Gasteiger charge is -2.09. The molecule has 3 rings (SSSR count). The van der Waals surface area contributed by atoms with Gasteiger partial charge in [-0.2, -0.15) is 0 Å². The first-order valence-electron chi connectivity index (χ1n) is 8.34. The predicted octanol–water partition coefficient (Wildman–Crippen LogP) is 4.17. The van der Waals surface area contributed by atoms with Gasteiger partial charge in [0, 0.05) is 23.1 Å². The number of hydrogen-bond acceptors (Lipinski definition) is 5. The number of carbonyl (C=O) groups excluding carboxylic acids is 2. The first-order chi connectivity index (χ1) is 13.0. The first kappa shape index (κ1) is 18.1. The molecule has 6 nitrogen and oxygen atoms in total. The molecule has 27 heavy (non-hydrogen) atoms. The second-order valence-corrected chi connectivity index (χ2v) is 5.95. The highest BCUT2D eigenvalue weighted by Crippen LogP contribution is 2.18. The van der Waals surface area contributed by atoms with E-state index in [1.807, 2.05) is 31.2 Å². The van der Waals surface area contributed by atoms with Gasteiger partial charge < -0.3 is 15.4 Å². The Balaban J connectivity index is 1.75. The Labute approximate surface area is 157 Å². The molecule has 1 heterocycles. The number of esters is 1. The van der Waals surface area contributed by atoms with E-state index in [1.54, 1.807) is 42.6 Å². The molecule has 136 valence electrons. The molecule has 2 N–H and O–H groups in total. The second-order valence-electron chi connectivity index (χ2n) is 5.95. The average Bonchev–Trinajstić information content (AvgIpc) is 2.68. The summed E-state index contributed by atoms with van der Waals surface area (Å²) in [5.74, 6) is -0.152. The lowest BCUT2D eigenvalue weighted by Crippen LogP contribution is -2.12. The van der Waals surface area contributed by atoms with Crippen molar-refractivity contribution >= 4 is 29.1 Å². The van der Waals surface area contributed by atoms with Crippen LogP contribution in [0.1, 0.15) is 26.3 Å². The summed E-state index contributed by atoms with van der Waals surface area (Å²) in [5.41, 5.74) is 3.36. The summed E-state index contributed by atoms with van der Waals surface area (Å²) in [6.45, 7) is 1.96. The summed E-state index contributed by atoms with van der Waals surface area (Å²) in [6.07, 6.45) is 1.55. The highest BCUT2D eigenvalue weighted by molar-refractivity contribution is 6.04. The topological polar surface area (TPSA) is 80.3 Å². The van der Waals surface area contributed by atoms with Crippen molar-refractivity contribution in [3.8, 4) is 0 Å². The fourth-order valence-corrected chi connectivity index (χ4v) is 2.56. The van der Waals surface area contributed by atoms with Crippen molar-refractivity contribution in [2.75, 3.05) is 17.7 Å². The van der Waals surface area contributed by atoms with Crippen LogP contribution in [-0.4, -0.2) is 24.0 Å². The Morgan fingerprint density at radius 1 is 0.926 bits per heavy atom. The van der Waals surface area contributed by atoms with E-state index in [0.717, 1.165) is 11.3 Å². The number of hydrogen-bond donors (Lipinski definition) is 2. The van der Waals surface area contributed by atoms with Crippen molar-refractivity contribution in [1.29, 1.82) is 0 Å². The van der Waals surface area contributed by atoms with E-state index in [9.17, 15) is 9.59 Å². The van der Waals surface area contributed by atoms with Crippen molar-refractivity contribution in [1.82, 2.24) is 4.98 Å². The minimum Gasteiger partial charge on any atom is -0.465 e. The van der Waals surface area contributed by atoms with Gasteiger partial charge in [0.2, 0.25) is 0 Å². The van der Waals surface area contributed by atoms with Gasteiger partial charge in [0.25, 0.3) is 5.91 Å². The van der Waals surface area contributed by atoms with E-state index in [2.05, 4.69) is 15.6 Å². The molecule has 0 atom stereocenters. The minimum atomic E-state index is -0.419. The van der Waals surface area contributed by atoms with E-state index < -0.39 is 5.97 Å². The van der Waals surface area contributed by atoms with E-state index in [1.165, 1.54) is 7.11 Å². The molecule has 0 spiro atoms. The molecular formula is C21H19N3O3. The van der Waals surface area contributed by atoms with E-state index in [-0.39, 0.29) is 5.91 Å². The Kier molecular flexibility index (Phi) is 5.47. The van der Waals surface area contributed by atoms with Gasteiger partial charge in [0.1, 0.15) is 5.82 Å². The molecule has 0 saturated heterocycles. The van der Waals surface area contributed by atoms with Crippen molar-refractivity contribution in [2.24, 2.45) is 0 Å². The van der Waals surface area contributed by atoms with Crippen LogP contribution in [0, 0.1) is 6.92 Å². The van der Waals surface area contributed by atoms with Crippen LogP contribution in [0.2, 0.25) is 0 Å². The highest BCUT2D eigenvalue weighted by atomic mass is 16.5. The fourth-order valence-electron chi connectivity index (χ4n) is 2.56. The molecule has 6 heteroatoms. The van der Waals surface area contributed by atoms with Crippen molar-refractivity contribution in [3.05, 3.63) is 83.6 Å². The van der Waals surface area contributed by atoms with Gasteiger partial charge in [-0.15, -0.1) is 0 Å². The smallest absolute Gasteiger partial charge is 0.337 e. The lowest BCUT2D eigenvalue weighted by atomic mass is 10.2. The van der Waals surface area contributed by atoms with E-state index >= 15 is 0 Å². The van der Waals surface area contributed by atoms with Crippen LogP contribution in [0.15, 0.2) is 66.9 Å². The average molecular weight is 361 g/mol. The zero-order chi connectivity index (χ0) is 19.2. The van der Waals surface area contributed by atoms with E-state index in [0.29, 0.717) is 22.6 Å². The summed E-state index contributed by atoms with van der Waals surface area (Å²) >= 11 is 0. The normalized spacial score (nSPS) is 10.1. The predicted molar refractivity (Wildman–Crippen MR) is 104 cm³/mol. The molecule has 0 bridgehead atoms. The number of aromatic nitrogens is 1. The Morgan fingerprint density at radius 2 is 1.70 bits per heavy atom. The molecule has 0 aliphatic carbocycles. The number of nitrogens with zero attached hydrogens (tertiary/aromatic N) is 1. The number of anilines is 3. The van der Waals surface area contributed by atoms with Crippen molar-refractivity contribution in [2.45, 2.75) is 6.92 Å². The molecule has 0 aliphatic heterocycles. The Bertz CT molecular complexity index is 986. The summed E-state index contributed by atoms with van der Waals surface area (Å²) in [4.78, 5) is 28.4. The summed E-state index contributed by atoms with van der Waals surface area (Å²) < 4.78 is 4.72. The van der Waals surface area contributed by atoms with Crippen LogP contribution in [0.3, 0.4) is 0 Å². The maximum Gasteiger partial charge on any atom is 0.337 e. The number of carbonyl (C=O) groups is 2. The number of benzene rings is 2. The number of aryl methyl sites for hydroxylation is 1. The van der Waals surface area contributed by atoms with Gasteiger partial charge in [0.05, 0.1) is 12.7 Å². The third-order valence-corrected chi connectivity index (χ3v) is 3.85. The molecule has 0 saturated carbocycles. The van der Waals surface area contributed by atoms with Crippen LogP contribution >= 0.6 is 0 Å². The van der Waals surface area contributed by atoms with E-state index in [4.69, 9.17) is 4.74 Å². The maximum atomic E-state index is 12.5. The highest BCUT2D eigenvalue weighted by Gasteiger charge is 2.09. The lowest BCUT2D eigenvalue weighted by molar-refractivity contribution is 0.0600. The van der Waals surface area contributed by atoms with Crippen LogP contribution in [0.4, 0.5) is 17.2 Å². The zero-order valence-corrected chi connectivity index (χ0v) is 15.0. The number of amides is 1. The molecule has 1 amide bonds. The van der Waals surface area contributed by atoms with Crippen LogP contribution < -0.4 is 10.6 Å². The zero-order valence-electron chi connectivity index (χ0n) is 15.0. The molecule has 0 radical (unpaired) electrons. The molecule has 0 unspecified atom stereocenters. The quantitative estimate of drug-likeness (QED) is 0.667. The number of nitrogens with one attached hydrogen (secondary N) is 2. The number of pyridine rings is 1.